The molecular weight excluding hydrogens is 282 g/mol. The van der Waals surface area contributed by atoms with Crippen molar-refractivity contribution in [1.29, 1.82) is 0 Å². The van der Waals surface area contributed by atoms with Gasteiger partial charge in [-0.05, 0) is 49.2 Å². The molecule has 0 bridgehead atoms. The van der Waals surface area contributed by atoms with E-state index in [-0.39, 0.29) is 0 Å². The van der Waals surface area contributed by atoms with Gasteiger partial charge in [-0.3, -0.25) is 9.38 Å². The third-order valence-electron chi connectivity index (χ3n) is 4.31. The van der Waals surface area contributed by atoms with E-state index >= 15 is 0 Å². The van der Waals surface area contributed by atoms with Crippen molar-refractivity contribution in [2.45, 2.75) is 13.8 Å². The molecule has 0 saturated heterocycles. The van der Waals surface area contributed by atoms with Crippen LogP contribution < -0.4 is 0 Å². The number of benzene rings is 1. The number of imidazole rings is 1. The van der Waals surface area contributed by atoms with Gasteiger partial charge in [0.25, 0.3) is 0 Å². The van der Waals surface area contributed by atoms with Gasteiger partial charge in [-0.1, -0.05) is 30.9 Å². The molecule has 0 aliphatic carbocycles. The Morgan fingerprint density at radius 1 is 1.13 bits per heavy atom. The predicted molar refractivity (Wildman–Crippen MR) is 96.7 cm³/mol. The van der Waals surface area contributed by atoms with Crippen molar-refractivity contribution in [2.24, 2.45) is 0 Å². The maximum atomic E-state index is 4.88. The van der Waals surface area contributed by atoms with Gasteiger partial charge in [-0.15, -0.1) is 0 Å². The van der Waals surface area contributed by atoms with Gasteiger partial charge in [-0.25, -0.2) is 4.98 Å². The number of aryl methyl sites for hydroxylation is 2. The van der Waals surface area contributed by atoms with Crippen LogP contribution in [0.25, 0.3) is 33.7 Å². The summed E-state index contributed by atoms with van der Waals surface area (Å²) in [6.45, 7) is 8.01. The highest BCUT2D eigenvalue weighted by Gasteiger charge is 2.16. The van der Waals surface area contributed by atoms with Gasteiger partial charge in [0.1, 0.15) is 5.65 Å². The Kier molecular flexibility index (Phi) is 3.01. The molecule has 3 heteroatoms. The Balaban J connectivity index is 2.35. The number of aromatic nitrogens is 3. The van der Waals surface area contributed by atoms with Crippen molar-refractivity contribution in [3.63, 3.8) is 0 Å². The first kappa shape index (κ1) is 13.7. The first-order valence-electron chi connectivity index (χ1n) is 7.66. The van der Waals surface area contributed by atoms with Crippen LogP contribution in [0.4, 0.5) is 0 Å². The van der Waals surface area contributed by atoms with Crippen LogP contribution in [0.1, 0.15) is 16.8 Å². The topological polar surface area (TPSA) is 30.2 Å². The van der Waals surface area contributed by atoms with Crippen molar-refractivity contribution in [3.05, 3.63) is 72.1 Å². The van der Waals surface area contributed by atoms with Crippen molar-refractivity contribution >= 4 is 33.7 Å². The van der Waals surface area contributed by atoms with Crippen molar-refractivity contribution < 1.29 is 0 Å². The highest BCUT2D eigenvalue weighted by atomic mass is 15.0. The molecular formula is C20H17N3. The fourth-order valence-corrected chi connectivity index (χ4v) is 3.21. The van der Waals surface area contributed by atoms with Crippen LogP contribution >= 0.6 is 0 Å². The van der Waals surface area contributed by atoms with Crippen LogP contribution in [0.3, 0.4) is 0 Å². The van der Waals surface area contributed by atoms with Crippen LogP contribution in [-0.4, -0.2) is 14.4 Å². The molecule has 1 aromatic carbocycles. The van der Waals surface area contributed by atoms with Gasteiger partial charge in [-0.2, -0.15) is 0 Å². The number of fused-ring (bicyclic) bond motifs is 5. The van der Waals surface area contributed by atoms with Crippen LogP contribution in [0.5, 0.6) is 0 Å². The molecule has 3 nitrogen and oxygen atoms in total. The molecule has 0 spiro atoms. The van der Waals surface area contributed by atoms with E-state index in [1.165, 1.54) is 5.56 Å². The molecule has 0 aliphatic heterocycles. The maximum absolute atomic E-state index is 4.88. The molecule has 3 aromatic heterocycles. The maximum Gasteiger partial charge on any atom is 0.148 e. The summed E-state index contributed by atoms with van der Waals surface area (Å²) in [6, 6.07) is 10.3. The Morgan fingerprint density at radius 3 is 2.78 bits per heavy atom. The number of nitrogens with zero attached hydrogens (tertiary/aromatic N) is 3. The van der Waals surface area contributed by atoms with Crippen LogP contribution in [0.15, 0.2) is 55.3 Å². The van der Waals surface area contributed by atoms with E-state index in [0.29, 0.717) is 0 Å². The first-order chi connectivity index (χ1) is 11.2. The number of rotatable bonds is 2. The van der Waals surface area contributed by atoms with E-state index in [0.717, 1.165) is 38.8 Å². The van der Waals surface area contributed by atoms with E-state index in [4.69, 9.17) is 4.98 Å². The van der Waals surface area contributed by atoms with E-state index < -0.39 is 0 Å². The summed E-state index contributed by atoms with van der Waals surface area (Å²) in [5.74, 6) is 0. The molecule has 0 unspecified atom stereocenters. The fourth-order valence-electron chi connectivity index (χ4n) is 3.21. The SMILES string of the molecule is C=C/C=C\c1c(C)c2nccc(C)c2c2nc3ccccc3n12. The Morgan fingerprint density at radius 2 is 1.96 bits per heavy atom. The van der Waals surface area contributed by atoms with Gasteiger partial charge in [0.05, 0.1) is 22.2 Å². The summed E-state index contributed by atoms with van der Waals surface area (Å²) in [5.41, 5.74) is 7.52. The van der Waals surface area contributed by atoms with Crippen molar-refractivity contribution in [2.75, 3.05) is 0 Å². The van der Waals surface area contributed by atoms with Gasteiger partial charge < -0.3 is 0 Å². The lowest BCUT2D eigenvalue weighted by molar-refractivity contribution is 1.17. The lowest BCUT2D eigenvalue weighted by Gasteiger charge is -2.12. The number of pyridine rings is 2. The van der Waals surface area contributed by atoms with Gasteiger partial charge in [0.2, 0.25) is 0 Å². The molecule has 23 heavy (non-hydrogen) atoms. The average Bonchev–Trinajstić information content (AvgIpc) is 2.94. The van der Waals surface area contributed by atoms with E-state index in [1.54, 1.807) is 6.08 Å². The Bertz CT molecular complexity index is 1100. The summed E-state index contributed by atoms with van der Waals surface area (Å²) in [4.78, 5) is 9.49. The summed E-state index contributed by atoms with van der Waals surface area (Å²) >= 11 is 0. The minimum Gasteiger partial charge on any atom is -0.292 e. The highest BCUT2D eigenvalue weighted by Crippen LogP contribution is 2.31. The molecule has 4 rings (SSSR count). The minimum absolute atomic E-state index is 0.959. The number of hydrogen-bond acceptors (Lipinski definition) is 2. The zero-order chi connectivity index (χ0) is 16.0. The molecule has 0 saturated carbocycles. The Labute approximate surface area is 134 Å². The molecule has 4 aromatic rings. The standard InChI is InChI=1S/C20H17N3/c1-4-5-9-16-14(3)19-18(13(2)11-12-21-19)20-22-15-8-6-7-10-17(15)23(16)20/h4-12H,1H2,2-3H3/b9-5-. The van der Waals surface area contributed by atoms with Crippen molar-refractivity contribution in [3.8, 4) is 0 Å². The quantitative estimate of drug-likeness (QED) is 0.495. The second-order valence-electron chi connectivity index (χ2n) is 5.72. The molecule has 0 radical (unpaired) electrons. The molecule has 0 amide bonds. The summed E-state index contributed by atoms with van der Waals surface area (Å²) in [5, 5.41) is 1.12. The van der Waals surface area contributed by atoms with E-state index in [2.05, 4.69) is 48.0 Å². The number of para-hydroxylation sites is 2. The minimum atomic E-state index is 0.959. The number of allylic oxidation sites excluding steroid dienone is 2. The smallest absolute Gasteiger partial charge is 0.148 e. The highest BCUT2D eigenvalue weighted by molar-refractivity contribution is 6.01. The second-order valence-corrected chi connectivity index (χ2v) is 5.72. The molecule has 112 valence electrons. The number of hydrogen-bond donors (Lipinski definition) is 0. The zero-order valence-electron chi connectivity index (χ0n) is 13.2. The normalized spacial score (nSPS) is 11.9. The molecule has 0 fully saturated rings. The van der Waals surface area contributed by atoms with Crippen molar-refractivity contribution in [1.82, 2.24) is 14.4 Å². The van der Waals surface area contributed by atoms with Gasteiger partial charge in [0.15, 0.2) is 0 Å². The molecule has 0 atom stereocenters. The monoisotopic (exact) mass is 299 g/mol. The zero-order valence-corrected chi connectivity index (χ0v) is 13.2. The molecule has 3 heterocycles. The van der Waals surface area contributed by atoms with Gasteiger partial charge in [0, 0.05) is 11.6 Å². The fraction of sp³-hybridized carbons (Fsp3) is 0.100. The predicted octanol–water partition coefficient (Wildman–Crippen LogP) is 4.85. The first-order valence-corrected chi connectivity index (χ1v) is 7.66. The van der Waals surface area contributed by atoms with E-state index in [9.17, 15) is 0 Å². The lowest BCUT2D eigenvalue weighted by Crippen LogP contribution is -2.00. The third kappa shape index (κ3) is 1.90. The summed E-state index contributed by atoms with van der Waals surface area (Å²) in [6.07, 6.45) is 7.69. The third-order valence-corrected chi connectivity index (χ3v) is 4.31. The summed E-state index contributed by atoms with van der Waals surface area (Å²) in [7, 11) is 0. The largest absolute Gasteiger partial charge is 0.292 e. The van der Waals surface area contributed by atoms with Crippen LogP contribution in [0.2, 0.25) is 0 Å². The lowest BCUT2D eigenvalue weighted by atomic mass is 10.1. The Hall–Kier alpha value is -2.94. The average molecular weight is 299 g/mol. The summed E-state index contributed by atoms with van der Waals surface area (Å²) < 4.78 is 2.22. The van der Waals surface area contributed by atoms with Gasteiger partial charge >= 0.3 is 0 Å². The van der Waals surface area contributed by atoms with Crippen LogP contribution in [0, 0.1) is 13.8 Å². The second kappa shape index (κ2) is 5.06. The molecule has 0 aliphatic rings. The molecule has 0 N–H and O–H groups in total. The van der Waals surface area contributed by atoms with E-state index in [1.807, 2.05) is 30.5 Å². The van der Waals surface area contributed by atoms with Crippen LogP contribution in [-0.2, 0) is 0 Å².